The minimum absolute atomic E-state index is 0.248. The van der Waals surface area contributed by atoms with Crippen molar-refractivity contribution >= 4 is 22.4 Å². The van der Waals surface area contributed by atoms with Crippen LogP contribution in [0.4, 0.5) is 0 Å². The molecule has 2 rings (SSSR count). The largest absolute Gasteiger partial charge is 0.317 e. The van der Waals surface area contributed by atoms with Gasteiger partial charge in [-0.05, 0) is 38.4 Å². The Kier molecular flexibility index (Phi) is 4.00. The third kappa shape index (κ3) is 2.47. The van der Waals surface area contributed by atoms with Gasteiger partial charge in [0.25, 0.3) is 0 Å². The van der Waals surface area contributed by atoms with E-state index < -0.39 is 10.8 Å². The zero-order valence-electron chi connectivity index (χ0n) is 9.28. The normalized spacial score (nSPS) is 26.9. The summed E-state index contributed by atoms with van der Waals surface area (Å²) in [6, 6.07) is 7.94. The van der Waals surface area contributed by atoms with E-state index >= 15 is 0 Å². The van der Waals surface area contributed by atoms with Gasteiger partial charge in [0, 0.05) is 11.3 Å². The van der Waals surface area contributed by atoms with Crippen LogP contribution in [-0.2, 0) is 10.8 Å². The Hall–Kier alpha value is -0.380. The van der Waals surface area contributed by atoms with Crippen molar-refractivity contribution in [1.29, 1.82) is 0 Å². The van der Waals surface area contributed by atoms with E-state index in [1.54, 1.807) is 6.07 Å². The predicted molar refractivity (Wildman–Crippen MR) is 68.3 cm³/mol. The highest BCUT2D eigenvalue weighted by Gasteiger charge is 2.29. The summed E-state index contributed by atoms with van der Waals surface area (Å²) in [6.07, 6.45) is 3.11. The van der Waals surface area contributed by atoms with E-state index in [0.29, 0.717) is 11.1 Å². The molecule has 1 saturated carbocycles. The monoisotopic (exact) mass is 257 g/mol. The van der Waals surface area contributed by atoms with Crippen LogP contribution in [0.25, 0.3) is 0 Å². The average Bonchev–Trinajstić information content (AvgIpc) is 2.77. The zero-order chi connectivity index (χ0) is 11.5. The van der Waals surface area contributed by atoms with Gasteiger partial charge in [0.2, 0.25) is 0 Å². The summed E-state index contributed by atoms with van der Waals surface area (Å²) in [4.78, 5) is 0.783. The van der Waals surface area contributed by atoms with Gasteiger partial charge in [-0.1, -0.05) is 23.7 Å². The highest BCUT2D eigenvalue weighted by atomic mass is 35.5. The van der Waals surface area contributed by atoms with Crippen LogP contribution >= 0.6 is 11.6 Å². The molecule has 4 heteroatoms. The molecule has 0 radical (unpaired) electrons. The Balaban J connectivity index is 2.12. The second-order valence-electron chi connectivity index (χ2n) is 4.15. The van der Waals surface area contributed by atoms with Crippen molar-refractivity contribution < 1.29 is 4.21 Å². The maximum absolute atomic E-state index is 12.3. The Bertz CT molecular complexity index is 396. The van der Waals surface area contributed by atoms with Crippen molar-refractivity contribution in [2.75, 3.05) is 7.05 Å². The maximum Gasteiger partial charge on any atom is 0.0577 e. The lowest BCUT2D eigenvalue weighted by molar-refractivity contribution is 0.581. The van der Waals surface area contributed by atoms with Gasteiger partial charge in [0.05, 0.1) is 20.7 Å². The molecule has 1 aliphatic rings. The van der Waals surface area contributed by atoms with Crippen molar-refractivity contribution in [3.63, 3.8) is 0 Å². The predicted octanol–water partition coefficient (Wildman–Crippen LogP) is 2.59. The molecule has 3 atom stereocenters. The molecule has 88 valence electrons. The van der Waals surface area contributed by atoms with Gasteiger partial charge in [0.15, 0.2) is 0 Å². The summed E-state index contributed by atoms with van der Waals surface area (Å²) in [6.45, 7) is 0. The standard InChI is InChI=1S/C12H16ClNOS/c1-14-9-6-7-10(8-9)16(15)12-5-3-2-4-11(12)13/h2-5,9-10,14H,6-8H2,1H3. The molecular weight excluding hydrogens is 242 g/mol. The molecule has 16 heavy (non-hydrogen) atoms. The summed E-state index contributed by atoms with van der Waals surface area (Å²) in [5.41, 5.74) is 0. The molecule has 0 spiro atoms. The van der Waals surface area contributed by atoms with Crippen LogP contribution < -0.4 is 5.32 Å². The number of hydrogen-bond acceptors (Lipinski definition) is 2. The van der Waals surface area contributed by atoms with Crippen molar-refractivity contribution in [2.45, 2.75) is 35.4 Å². The molecule has 0 aromatic heterocycles. The number of nitrogens with one attached hydrogen (secondary N) is 1. The molecule has 1 fully saturated rings. The average molecular weight is 258 g/mol. The number of hydrogen-bond donors (Lipinski definition) is 1. The van der Waals surface area contributed by atoms with Gasteiger partial charge in [-0.25, -0.2) is 0 Å². The molecule has 1 N–H and O–H groups in total. The lowest BCUT2D eigenvalue weighted by Gasteiger charge is -2.11. The summed E-state index contributed by atoms with van der Waals surface area (Å²) < 4.78 is 12.3. The van der Waals surface area contributed by atoms with Crippen LogP contribution in [-0.4, -0.2) is 22.5 Å². The van der Waals surface area contributed by atoms with Crippen molar-refractivity contribution in [3.05, 3.63) is 29.3 Å². The Labute approximate surface area is 104 Å². The van der Waals surface area contributed by atoms with Crippen molar-refractivity contribution in [2.24, 2.45) is 0 Å². The van der Waals surface area contributed by atoms with E-state index in [4.69, 9.17) is 11.6 Å². The van der Waals surface area contributed by atoms with Gasteiger partial charge in [-0.3, -0.25) is 4.21 Å². The molecule has 3 unspecified atom stereocenters. The van der Waals surface area contributed by atoms with Crippen LogP contribution in [0, 0.1) is 0 Å². The van der Waals surface area contributed by atoms with Crippen LogP contribution in [0.3, 0.4) is 0 Å². The first-order valence-corrected chi connectivity index (χ1v) is 7.14. The van der Waals surface area contributed by atoms with E-state index in [1.165, 1.54) is 0 Å². The molecule has 0 aliphatic heterocycles. The third-order valence-electron chi connectivity index (χ3n) is 3.15. The van der Waals surface area contributed by atoms with Crippen molar-refractivity contribution in [1.82, 2.24) is 5.32 Å². The lowest BCUT2D eigenvalue weighted by Crippen LogP contribution is -2.23. The number of halogens is 1. The number of rotatable bonds is 3. The molecule has 1 aliphatic carbocycles. The van der Waals surface area contributed by atoms with Gasteiger partial charge in [-0.2, -0.15) is 0 Å². The molecule has 0 bridgehead atoms. The third-order valence-corrected chi connectivity index (χ3v) is 5.41. The Morgan fingerprint density at radius 3 is 2.75 bits per heavy atom. The summed E-state index contributed by atoms with van der Waals surface area (Å²) in [5.74, 6) is 0. The molecule has 0 amide bonds. The van der Waals surface area contributed by atoms with Crippen LogP contribution in [0.2, 0.25) is 5.02 Å². The highest BCUT2D eigenvalue weighted by molar-refractivity contribution is 7.85. The van der Waals surface area contributed by atoms with E-state index in [9.17, 15) is 4.21 Å². The summed E-state index contributed by atoms with van der Waals surface area (Å²) >= 11 is 6.06. The quantitative estimate of drug-likeness (QED) is 0.902. The van der Waals surface area contributed by atoms with Crippen LogP contribution in [0.5, 0.6) is 0 Å². The van der Waals surface area contributed by atoms with Crippen molar-refractivity contribution in [3.8, 4) is 0 Å². The number of benzene rings is 1. The fourth-order valence-corrected chi connectivity index (χ4v) is 4.14. The van der Waals surface area contributed by atoms with Crippen LogP contribution in [0.1, 0.15) is 19.3 Å². The zero-order valence-corrected chi connectivity index (χ0v) is 10.9. The SMILES string of the molecule is CNC1CCC(S(=O)c2ccccc2Cl)C1. The van der Waals surface area contributed by atoms with E-state index in [0.717, 1.165) is 24.2 Å². The minimum atomic E-state index is -0.965. The Morgan fingerprint density at radius 1 is 1.38 bits per heavy atom. The van der Waals surface area contributed by atoms with Gasteiger partial charge >= 0.3 is 0 Å². The van der Waals surface area contributed by atoms with E-state index in [1.807, 2.05) is 25.2 Å². The second-order valence-corrected chi connectivity index (χ2v) is 6.26. The van der Waals surface area contributed by atoms with Gasteiger partial charge < -0.3 is 5.32 Å². The molecular formula is C12H16ClNOS. The maximum atomic E-state index is 12.3. The first-order valence-electron chi connectivity index (χ1n) is 5.54. The fraction of sp³-hybridized carbons (Fsp3) is 0.500. The minimum Gasteiger partial charge on any atom is -0.317 e. The first kappa shape index (κ1) is 12.1. The summed E-state index contributed by atoms with van der Waals surface area (Å²) in [7, 11) is 0.999. The second kappa shape index (κ2) is 5.30. The lowest BCUT2D eigenvalue weighted by atomic mass is 10.3. The van der Waals surface area contributed by atoms with Gasteiger partial charge in [0.1, 0.15) is 0 Å². The molecule has 2 nitrogen and oxygen atoms in total. The van der Waals surface area contributed by atoms with Crippen LogP contribution in [0.15, 0.2) is 29.2 Å². The topological polar surface area (TPSA) is 29.1 Å². The molecule has 1 aromatic carbocycles. The highest BCUT2D eigenvalue weighted by Crippen LogP contribution is 2.30. The van der Waals surface area contributed by atoms with E-state index in [-0.39, 0.29) is 5.25 Å². The van der Waals surface area contributed by atoms with Gasteiger partial charge in [-0.15, -0.1) is 0 Å². The molecule has 0 saturated heterocycles. The summed E-state index contributed by atoms with van der Waals surface area (Å²) in [5, 5.41) is 4.11. The fourth-order valence-electron chi connectivity index (χ4n) is 2.18. The van der Waals surface area contributed by atoms with E-state index in [2.05, 4.69) is 5.32 Å². The smallest absolute Gasteiger partial charge is 0.0577 e. The molecule has 1 aromatic rings. The first-order chi connectivity index (χ1) is 7.72. The molecule has 0 heterocycles. The Morgan fingerprint density at radius 2 is 2.12 bits per heavy atom.